The SMILES string of the molecule is CN(c1ccccc1)S(=O)(=O)c1cccc(NC(=O)c2ccc(-n3cccc3)cc2)c1. The molecule has 7 heteroatoms. The summed E-state index contributed by atoms with van der Waals surface area (Å²) in [5.74, 6) is -0.315. The highest BCUT2D eigenvalue weighted by Gasteiger charge is 2.21. The molecule has 156 valence electrons. The first kappa shape index (κ1) is 20.4. The molecule has 6 nitrogen and oxygen atoms in total. The van der Waals surface area contributed by atoms with Crippen molar-refractivity contribution in [2.75, 3.05) is 16.7 Å². The normalized spacial score (nSPS) is 11.1. The van der Waals surface area contributed by atoms with E-state index in [9.17, 15) is 13.2 Å². The summed E-state index contributed by atoms with van der Waals surface area (Å²) >= 11 is 0. The van der Waals surface area contributed by atoms with Gasteiger partial charge in [0.1, 0.15) is 0 Å². The van der Waals surface area contributed by atoms with Crippen molar-refractivity contribution >= 4 is 27.3 Å². The third-order valence-corrected chi connectivity index (χ3v) is 6.68. The molecule has 4 aromatic rings. The number of sulfonamides is 1. The summed E-state index contributed by atoms with van der Waals surface area (Å²) in [6.07, 6.45) is 3.85. The number of aromatic nitrogens is 1. The number of anilines is 2. The van der Waals surface area contributed by atoms with E-state index in [0.717, 1.165) is 5.69 Å². The van der Waals surface area contributed by atoms with Crippen LogP contribution in [0.1, 0.15) is 10.4 Å². The van der Waals surface area contributed by atoms with Gasteiger partial charge < -0.3 is 9.88 Å². The summed E-state index contributed by atoms with van der Waals surface area (Å²) < 4.78 is 29.2. The van der Waals surface area contributed by atoms with Gasteiger partial charge in [-0.1, -0.05) is 24.3 Å². The lowest BCUT2D eigenvalue weighted by atomic mass is 10.2. The molecule has 0 saturated carbocycles. The van der Waals surface area contributed by atoms with Gasteiger partial charge in [-0.25, -0.2) is 8.42 Å². The first-order chi connectivity index (χ1) is 14.9. The molecule has 0 atom stereocenters. The topological polar surface area (TPSA) is 71.4 Å². The first-order valence-corrected chi connectivity index (χ1v) is 11.1. The highest BCUT2D eigenvalue weighted by Crippen LogP contribution is 2.24. The van der Waals surface area contributed by atoms with Crippen molar-refractivity contribution in [1.82, 2.24) is 4.57 Å². The fraction of sp³-hybridized carbons (Fsp3) is 0.0417. The Morgan fingerprint density at radius 3 is 2.19 bits per heavy atom. The van der Waals surface area contributed by atoms with E-state index in [1.165, 1.54) is 23.5 Å². The van der Waals surface area contributed by atoms with Crippen LogP contribution in [0.15, 0.2) is 108 Å². The Morgan fingerprint density at radius 2 is 1.52 bits per heavy atom. The summed E-state index contributed by atoms with van der Waals surface area (Å²) in [4.78, 5) is 12.7. The lowest BCUT2D eigenvalue weighted by Gasteiger charge is -2.20. The number of nitrogens with zero attached hydrogens (tertiary/aromatic N) is 2. The van der Waals surface area contributed by atoms with Crippen LogP contribution in [-0.2, 0) is 10.0 Å². The molecular formula is C24H21N3O3S. The fourth-order valence-corrected chi connectivity index (χ4v) is 4.41. The summed E-state index contributed by atoms with van der Waals surface area (Å²) in [5.41, 5.74) is 2.38. The number of carbonyl (C=O) groups excluding carboxylic acids is 1. The van der Waals surface area contributed by atoms with Gasteiger partial charge in [-0.3, -0.25) is 9.10 Å². The summed E-state index contributed by atoms with van der Waals surface area (Å²) in [6, 6.07) is 26.1. The molecule has 0 radical (unpaired) electrons. The van der Waals surface area contributed by atoms with E-state index in [2.05, 4.69) is 5.32 Å². The monoisotopic (exact) mass is 431 g/mol. The van der Waals surface area contributed by atoms with Crippen LogP contribution in [0.5, 0.6) is 0 Å². The predicted octanol–water partition coefficient (Wildman–Crippen LogP) is 4.55. The van der Waals surface area contributed by atoms with Gasteiger partial charge in [0.15, 0.2) is 0 Å². The zero-order valence-electron chi connectivity index (χ0n) is 16.8. The zero-order valence-corrected chi connectivity index (χ0v) is 17.7. The molecule has 0 aliphatic rings. The Hall–Kier alpha value is -3.84. The van der Waals surface area contributed by atoms with Gasteiger partial charge in [-0.2, -0.15) is 0 Å². The predicted molar refractivity (Wildman–Crippen MR) is 122 cm³/mol. The van der Waals surface area contributed by atoms with Crippen LogP contribution >= 0.6 is 0 Å². The molecule has 0 spiro atoms. The zero-order chi connectivity index (χ0) is 21.8. The minimum Gasteiger partial charge on any atom is -0.324 e. The first-order valence-electron chi connectivity index (χ1n) is 9.64. The molecular weight excluding hydrogens is 410 g/mol. The van der Waals surface area contributed by atoms with Gasteiger partial charge in [0.05, 0.1) is 10.6 Å². The molecule has 0 fully saturated rings. The highest BCUT2D eigenvalue weighted by molar-refractivity contribution is 7.92. The minimum absolute atomic E-state index is 0.0969. The summed E-state index contributed by atoms with van der Waals surface area (Å²) in [7, 11) is -2.26. The smallest absolute Gasteiger partial charge is 0.264 e. The van der Waals surface area contributed by atoms with E-state index < -0.39 is 10.0 Å². The lowest BCUT2D eigenvalue weighted by molar-refractivity contribution is 0.102. The van der Waals surface area contributed by atoms with E-state index in [4.69, 9.17) is 0 Å². The second kappa shape index (κ2) is 8.49. The number of carbonyl (C=O) groups is 1. The van der Waals surface area contributed by atoms with E-state index in [-0.39, 0.29) is 10.8 Å². The summed E-state index contributed by atoms with van der Waals surface area (Å²) in [5, 5.41) is 2.77. The molecule has 1 heterocycles. The number of rotatable bonds is 6. The molecule has 4 rings (SSSR count). The van der Waals surface area contributed by atoms with Crippen molar-refractivity contribution in [3.8, 4) is 5.69 Å². The van der Waals surface area contributed by atoms with Gasteiger partial charge in [0, 0.05) is 36.4 Å². The van der Waals surface area contributed by atoms with E-state index >= 15 is 0 Å². The van der Waals surface area contributed by atoms with Crippen LogP contribution < -0.4 is 9.62 Å². The lowest BCUT2D eigenvalue weighted by Crippen LogP contribution is -2.26. The number of amides is 1. The molecule has 3 aromatic carbocycles. The van der Waals surface area contributed by atoms with Crippen LogP contribution in [0, 0.1) is 0 Å². The van der Waals surface area contributed by atoms with Crippen LogP contribution in [0.3, 0.4) is 0 Å². The molecule has 31 heavy (non-hydrogen) atoms. The van der Waals surface area contributed by atoms with Crippen LogP contribution in [-0.4, -0.2) is 25.9 Å². The fourth-order valence-electron chi connectivity index (χ4n) is 3.16. The number of hydrogen-bond acceptors (Lipinski definition) is 3. The Bertz CT molecular complexity index is 1280. The molecule has 0 aliphatic carbocycles. The number of nitrogens with one attached hydrogen (secondary N) is 1. The molecule has 1 aromatic heterocycles. The Labute approximate surface area is 181 Å². The van der Waals surface area contributed by atoms with Gasteiger partial charge in [0.2, 0.25) is 0 Å². The molecule has 1 amide bonds. The van der Waals surface area contributed by atoms with Crippen molar-refractivity contribution < 1.29 is 13.2 Å². The average molecular weight is 432 g/mol. The van der Waals surface area contributed by atoms with Gasteiger partial charge in [-0.05, 0) is 66.7 Å². The minimum atomic E-state index is -3.77. The van der Waals surface area contributed by atoms with Gasteiger partial charge in [0.25, 0.3) is 15.9 Å². The van der Waals surface area contributed by atoms with Crippen LogP contribution in [0.25, 0.3) is 5.69 Å². The second-order valence-corrected chi connectivity index (χ2v) is 8.90. The highest BCUT2D eigenvalue weighted by atomic mass is 32.2. The van der Waals surface area contributed by atoms with Crippen molar-refractivity contribution in [3.63, 3.8) is 0 Å². The van der Waals surface area contributed by atoms with Crippen molar-refractivity contribution in [2.45, 2.75) is 4.90 Å². The number of hydrogen-bond donors (Lipinski definition) is 1. The second-order valence-electron chi connectivity index (χ2n) is 6.93. The van der Waals surface area contributed by atoms with Gasteiger partial charge >= 0.3 is 0 Å². The Morgan fingerprint density at radius 1 is 0.839 bits per heavy atom. The summed E-state index contributed by atoms with van der Waals surface area (Å²) in [6.45, 7) is 0. The molecule has 1 N–H and O–H groups in total. The third-order valence-electron chi connectivity index (χ3n) is 4.90. The van der Waals surface area contributed by atoms with Crippen LogP contribution in [0.4, 0.5) is 11.4 Å². The van der Waals surface area contributed by atoms with E-state index in [1.807, 2.05) is 47.3 Å². The maximum atomic E-state index is 13.0. The average Bonchev–Trinajstić information content (AvgIpc) is 3.34. The quantitative estimate of drug-likeness (QED) is 0.487. The standard InChI is InChI=1S/C24H21N3O3S/c1-26(21-9-3-2-4-10-21)31(29,30)23-11-7-8-20(18-23)25-24(28)19-12-14-22(15-13-19)27-16-5-6-17-27/h2-18H,1H3,(H,25,28). The largest absolute Gasteiger partial charge is 0.324 e. The van der Waals surface area contributed by atoms with Crippen molar-refractivity contribution in [2.24, 2.45) is 0 Å². The maximum absolute atomic E-state index is 13.0. The molecule has 0 aliphatic heterocycles. The van der Waals surface area contributed by atoms with Crippen LogP contribution in [0.2, 0.25) is 0 Å². The molecule has 0 bridgehead atoms. The number of para-hydroxylation sites is 1. The van der Waals surface area contributed by atoms with E-state index in [0.29, 0.717) is 16.9 Å². The molecule has 0 saturated heterocycles. The Kier molecular flexibility index (Phi) is 5.60. The number of benzene rings is 3. The molecule has 0 unspecified atom stereocenters. The van der Waals surface area contributed by atoms with E-state index in [1.54, 1.807) is 48.5 Å². The van der Waals surface area contributed by atoms with Crippen molar-refractivity contribution in [1.29, 1.82) is 0 Å². The maximum Gasteiger partial charge on any atom is 0.264 e. The Balaban J connectivity index is 1.52. The van der Waals surface area contributed by atoms with Gasteiger partial charge in [-0.15, -0.1) is 0 Å². The van der Waals surface area contributed by atoms with Crippen molar-refractivity contribution in [3.05, 3.63) is 109 Å². The third kappa shape index (κ3) is 4.36.